The van der Waals surface area contributed by atoms with Gasteiger partial charge < -0.3 is 9.84 Å². The molecule has 5 nitrogen and oxygen atoms in total. The van der Waals surface area contributed by atoms with Crippen LogP contribution >= 0.6 is 0 Å². The third kappa shape index (κ3) is 3.92. The summed E-state index contributed by atoms with van der Waals surface area (Å²) in [6.07, 6.45) is 2.35. The summed E-state index contributed by atoms with van der Waals surface area (Å²) in [7, 11) is -3.26. The Morgan fingerprint density at radius 1 is 1.37 bits per heavy atom. The molecule has 19 heavy (non-hydrogen) atoms. The molecule has 0 spiro atoms. The average Bonchev–Trinajstić information content (AvgIpc) is 2.37. The van der Waals surface area contributed by atoms with Gasteiger partial charge in [0.1, 0.15) is 18.0 Å². The molecule has 0 aromatic heterocycles. The summed E-state index contributed by atoms with van der Waals surface area (Å²) in [4.78, 5) is 0. The summed E-state index contributed by atoms with van der Waals surface area (Å²) < 4.78 is 29.9. The van der Waals surface area contributed by atoms with Crippen LogP contribution in [0.4, 0.5) is 0 Å². The molecular weight excluding hydrogens is 266 g/mol. The minimum absolute atomic E-state index is 0.0959. The number of para-hydroxylation sites is 1. The molecule has 0 saturated carbocycles. The van der Waals surface area contributed by atoms with E-state index in [0.29, 0.717) is 25.1 Å². The van der Waals surface area contributed by atoms with Crippen molar-refractivity contribution in [2.75, 3.05) is 26.0 Å². The zero-order valence-electron chi connectivity index (χ0n) is 10.9. The molecule has 1 aliphatic rings. The van der Waals surface area contributed by atoms with Crippen molar-refractivity contribution in [2.45, 2.75) is 18.4 Å². The maximum Gasteiger partial charge on any atom is 0.211 e. The van der Waals surface area contributed by atoms with Gasteiger partial charge in [0.15, 0.2) is 0 Å². The number of benzene rings is 1. The Morgan fingerprint density at radius 2 is 2.05 bits per heavy atom. The van der Waals surface area contributed by atoms with Gasteiger partial charge in [0.25, 0.3) is 0 Å². The second kappa shape index (κ2) is 5.48. The second-order valence-electron chi connectivity index (χ2n) is 5.03. The number of ether oxygens (including phenoxy) is 1. The Morgan fingerprint density at radius 3 is 2.68 bits per heavy atom. The molecule has 1 atom stereocenters. The summed E-state index contributed by atoms with van der Waals surface area (Å²) in [5.74, 6) is 0.674. The van der Waals surface area contributed by atoms with Crippen LogP contribution < -0.4 is 4.74 Å². The van der Waals surface area contributed by atoms with Crippen LogP contribution in [-0.4, -0.2) is 49.4 Å². The summed E-state index contributed by atoms with van der Waals surface area (Å²) in [6, 6.07) is 9.20. The van der Waals surface area contributed by atoms with Gasteiger partial charge in [-0.15, -0.1) is 0 Å². The molecule has 0 radical (unpaired) electrons. The molecule has 0 amide bonds. The first-order chi connectivity index (χ1) is 8.89. The number of hydrogen-bond donors (Lipinski definition) is 1. The van der Waals surface area contributed by atoms with Gasteiger partial charge in [-0.05, 0) is 25.0 Å². The molecule has 0 aliphatic carbocycles. The van der Waals surface area contributed by atoms with Crippen LogP contribution in [0.5, 0.6) is 5.75 Å². The van der Waals surface area contributed by atoms with Crippen molar-refractivity contribution in [1.82, 2.24) is 4.31 Å². The van der Waals surface area contributed by atoms with E-state index in [4.69, 9.17) is 4.74 Å². The van der Waals surface area contributed by atoms with Gasteiger partial charge in [-0.3, -0.25) is 0 Å². The number of hydrogen-bond acceptors (Lipinski definition) is 4. The fraction of sp³-hybridized carbons (Fsp3) is 0.538. The van der Waals surface area contributed by atoms with E-state index in [1.165, 1.54) is 4.31 Å². The van der Waals surface area contributed by atoms with E-state index in [-0.39, 0.29) is 13.2 Å². The minimum Gasteiger partial charge on any atom is -0.491 e. The van der Waals surface area contributed by atoms with E-state index in [1.54, 1.807) is 12.1 Å². The monoisotopic (exact) mass is 285 g/mol. The zero-order chi connectivity index (χ0) is 13.9. The highest BCUT2D eigenvalue weighted by atomic mass is 32.2. The molecular formula is C13H19NO4S. The van der Waals surface area contributed by atoms with Crippen LogP contribution in [-0.2, 0) is 10.0 Å². The first-order valence-corrected chi connectivity index (χ1v) is 8.09. The van der Waals surface area contributed by atoms with E-state index in [1.807, 2.05) is 18.2 Å². The predicted octanol–water partition coefficient (Wildman–Crippen LogP) is 0.852. The summed E-state index contributed by atoms with van der Waals surface area (Å²) in [5, 5.41) is 10.4. The largest absolute Gasteiger partial charge is 0.491 e. The van der Waals surface area contributed by atoms with E-state index in [9.17, 15) is 13.5 Å². The van der Waals surface area contributed by atoms with Gasteiger partial charge in [-0.2, -0.15) is 4.31 Å². The molecule has 1 aromatic carbocycles. The Kier molecular flexibility index (Phi) is 4.13. The van der Waals surface area contributed by atoms with Gasteiger partial charge in [0, 0.05) is 13.1 Å². The van der Waals surface area contributed by atoms with E-state index in [2.05, 4.69) is 0 Å². The molecule has 0 unspecified atom stereocenters. The molecule has 1 aliphatic heterocycles. The second-order valence-corrected chi connectivity index (χ2v) is 7.01. The molecule has 2 rings (SSSR count). The SMILES string of the molecule is CS(=O)(=O)N1CCC[C@](O)(COc2ccccc2)C1. The smallest absolute Gasteiger partial charge is 0.211 e. The number of sulfonamides is 1. The van der Waals surface area contributed by atoms with Gasteiger partial charge in [-0.25, -0.2) is 8.42 Å². The topological polar surface area (TPSA) is 66.8 Å². The van der Waals surface area contributed by atoms with E-state index in [0.717, 1.165) is 6.26 Å². The minimum atomic E-state index is -3.26. The average molecular weight is 285 g/mol. The summed E-state index contributed by atoms with van der Waals surface area (Å²) >= 11 is 0. The van der Waals surface area contributed by atoms with Crippen molar-refractivity contribution in [3.8, 4) is 5.75 Å². The molecule has 1 saturated heterocycles. The van der Waals surface area contributed by atoms with Crippen molar-refractivity contribution >= 4 is 10.0 Å². The number of rotatable bonds is 4. The zero-order valence-corrected chi connectivity index (χ0v) is 11.8. The molecule has 1 N–H and O–H groups in total. The molecule has 0 bridgehead atoms. The van der Waals surface area contributed by atoms with Gasteiger partial charge >= 0.3 is 0 Å². The third-order valence-electron chi connectivity index (χ3n) is 3.24. The quantitative estimate of drug-likeness (QED) is 0.890. The lowest BCUT2D eigenvalue weighted by atomic mass is 9.95. The fourth-order valence-electron chi connectivity index (χ4n) is 2.21. The van der Waals surface area contributed by atoms with E-state index >= 15 is 0 Å². The molecule has 6 heteroatoms. The fourth-order valence-corrected chi connectivity index (χ4v) is 3.14. The lowest BCUT2D eigenvalue weighted by Gasteiger charge is -2.37. The van der Waals surface area contributed by atoms with Crippen LogP contribution in [0.25, 0.3) is 0 Å². The molecule has 106 valence electrons. The lowest BCUT2D eigenvalue weighted by molar-refractivity contribution is -0.0419. The van der Waals surface area contributed by atoms with Crippen LogP contribution in [0.2, 0.25) is 0 Å². The first kappa shape index (κ1) is 14.3. The van der Waals surface area contributed by atoms with Crippen LogP contribution in [0, 0.1) is 0 Å². The lowest BCUT2D eigenvalue weighted by Crippen LogP contribution is -2.53. The highest BCUT2D eigenvalue weighted by Gasteiger charge is 2.37. The molecule has 1 aromatic rings. The van der Waals surface area contributed by atoms with Crippen molar-refractivity contribution in [2.24, 2.45) is 0 Å². The van der Waals surface area contributed by atoms with Crippen LogP contribution in [0.1, 0.15) is 12.8 Å². The van der Waals surface area contributed by atoms with Gasteiger partial charge in [0.2, 0.25) is 10.0 Å². The Hall–Kier alpha value is -1.11. The summed E-state index contributed by atoms with van der Waals surface area (Å²) in [5.41, 5.74) is -1.11. The third-order valence-corrected chi connectivity index (χ3v) is 4.49. The maximum atomic E-state index is 11.5. The highest BCUT2D eigenvalue weighted by Crippen LogP contribution is 2.24. The molecule has 1 fully saturated rings. The number of piperidine rings is 1. The normalized spacial score (nSPS) is 25.2. The molecule has 1 heterocycles. The van der Waals surface area contributed by atoms with Crippen molar-refractivity contribution in [1.29, 1.82) is 0 Å². The Labute approximate surface area is 113 Å². The van der Waals surface area contributed by atoms with Crippen molar-refractivity contribution < 1.29 is 18.3 Å². The van der Waals surface area contributed by atoms with E-state index < -0.39 is 15.6 Å². The van der Waals surface area contributed by atoms with Crippen molar-refractivity contribution in [3.05, 3.63) is 30.3 Å². The predicted molar refractivity (Wildman–Crippen MR) is 72.5 cm³/mol. The summed E-state index contributed by atoms with van der Waals surface area (Å²) in [6.45, 7) is 0.661. The highest BCUT2D eigenvalue weighted by molar-refractivity contribution is 7.88. The Balaban J connectivity index is 1.98. The van der Waals surface area contributed by atoms with Crippen LogP contribution in [0.3, 0.4) is 0 Å². The number of aliphatic hydroxyl groups is 1. The van der Waals surface area contributed by atoms with Gasteiger partial charge in [-0.1, -0.05) is 18.2 Å². The maximum absolute atomic E-state index is 11.5. The number of β-amino-alcohol motifs (C(OH)–C–C–N with tert-alkyl or cyclic N) is 1. The Bertz CT molecular complexity index is 517. The number of nitrogens with zero attached hydrogens (tertiary/aromatic N) is 1. The van der Waals surface area contributed by atoms with Gasteiger partial charge in [0.05, 0.1) is 6.26 Å². The van der Waals surface area contributed by atoms with Crippen LogP contribution in [0.15, 0.2) is 30.3 Å². The standard InChI is InChI=1S/C13H19NO4S/c1-19(16,17)14-9-5-8-13(15,10-14)11-18-12-6-3-2-4-7-12/h2-4,6-7,15H,5,8-11H2,1H3/t13-/m1/s1. The first-order valence-electron chi connectivity index (χ1n) is 6.24. The van der Waals surface area contributed by atoms with Crippen molar-refractivity contribution in [3.63, 3.8) is 0 Å².